The average molecular weight is 1710 g/mol. The van der Waals surface area contributed by atoms with Crippen molar-refractivity contribution in [1.82, 2.24) is 83.1 Å². The highest BCUT2D eigenvalue weighted by molar-refractivity contribution is 9.10. The van der Waals surface area contributed by atoms with E-state index in [1.54, 1.807) is 24.3 Å². The maximum atomic E-state index is 12.1. The molecular formula is C86H108Br2Cl2N22O2. The Morgan fingerprint density at radius 2 is 0.816 bits per heavy atom. The zero-order valence-electron chi connectivity index (χ0n) is 67.4. The van der Waals surface area contributed by atoms with Crippen molar-refractivity contribution in [1.29, 1.82) is 0 Å². The third-order valence-corrected chi connectivity index (χ3v) is 22.1. The summed E-state index contributed by atoms with van der Waals surface area (Å²) < 4.78 is 10.7. The van der Waals surface area contributed by atoms with E-state index in [2.05, 4.69) is 289 Å². The zero-order chi connectivity index (χ0) is 81.5. The van der Waals surface area contributed by atoms with E-state index in [0.717, 1.165) is 143 Å². The fraction of sp³-hybridized carbons (Fsp3) is 0.372. The summed E-state index contributed by atoms with van der Waals surface area (Å²) in [5, 5.41) is 3.26. The Kier molecular flexibility index (Phi) is 32.3. The number of nitrogens with one attached hydrogen (secondary N) is 1. The molecule has 8 aromatic heterocycles. The van der Waals surface area contributed by atoms with Crippen molar-refractivity contribution < 1.29 is 9.59 Å². The van der Waals surface area contributed by atoms with Crippen LogP contribution in [0.25, 0.3) is 44.7 Å². The van der Waals surface area contributed by atoms with E-state index in [0.29, 0.717) is 47.8 Å². The van der Waals surface area contributed by atoms with Crippen LogP contribution in [0, 0.1) is 0 Å². The lowest BCUT2D eigenvalue weighted by Crippen LogP contribution is -2.32. The second-order valence-corrected chi connectivity index (χ2v) is 31.8. The van der Waals surface area contributed by atoms with Crippen LogP contribution in [0.1, 0.15) is 60.4 Å². The highest BCUT2D eigenvalue weighted by Crippen LogP contribution is 2.33. The SMILES string of the molecule is C=CC(=O)Cl.C=CC(=O)N(C)c1cnc2nc(N3CC[C@H](N(C)C)C3)n(Cc3ccccc3)c2c1.CCc1cnc2nc(N3CC[C@H](N(C)C)C3)n(Cc3ccccc3)c2c1.CN.CN(C)[C@H]1CCN(c2nc3ncc(Br)cc3n2Cc2ccccc2)C1.CN(C)[C@H]1CCNC1.Clc1nc2ncc(Br)cc2n1Cc1ccccc1. The predicted molar refractivity (Wildman–Crippen MR) is 475 cm³/mol. The minimum Gasteiger partial charge on any atom is -0.341 e. The van der Waals surface area contributed by atoms with E-state index in [1.165, 1.54) is 73.3 Å². The fourth-order valence-corrected chi connectivity index (χ4v) is 15.0. The van der Waals surface area contributed by atoms with Gasteiger partial charge < -0.3 is 68.5 Å². The molecule has 4 aromatic carbocycles. The summed E-state index contributed by atoms with van der Waals surface area (Å²) in [6.07, 6.45) is 15.3. The monoisotopic (exact) mass is 1710 g/mol. The van der Waals surface area contributed by atoms with E-state index in [4.69, 9.17) is 38.2 Å². The number of nitrogens with two attached hydrogens (primary N) is 1. The highest BCUT2D eigenvalue weighted by Gasteiger charge is 2.32. The van der Waals surface area contributed by atoms with Crippen molar-refractivity contribution in [3.8, 4) is 0 Å². The lowest BCUT2D eigenvalue weighted by molar-refractivity contribution is -0.114. The largest absolute Gasteiger partial charge is 0.341 e. The number of carbonyl (C=O) groups excluding carboxylic acids is 2. The summed E-state index contributed by atoms with van der Waals surface area (Å²) >= 11 is 17.8. The summed E-state index contributed by atoms with van der Waals surface area (Å²) in [6, 6.07) is 52.4. The van der Waals surface area contributed by atoms with Crippen LogP contribution in [0.5, 0.6) is 0 Å². The molecule has 24 nitrogen and oxygen atoms in total. The van der Waals surface area contributed by atoms with Crippen LogP contribution < -0.4 is 30.7 Å². The molecule has 4 fully saturated rings. The Balaban J connectivity index is 0.000000153. The van der Waals surface area contributed by atoms with Crippen molar-refractivity contribution in [2.24, 2.45) is 5.73 Å². The summed E-state index contributed by atoms with van der Waals surface area (Å²) in [4.78, 5) is 76.3. The Hall–Kier alpha value is -9.32. The second kappa shape index (κ2) is 42.3. The molecule has 0 bridgehead atoms. The van der Waals surface area contributed by atoms with Crippen LogP contribution >= 0.6 is 55.1 Å². The average Bonchev–Trinajstić information content (AvgIpc) is 1.63. The quantitative estimate of drug-likeness (QED) is 0.0567. The van der Waals surface area contributed by atoms with Crippen molar-refractivity contribution in [2.75, 3.05) is 142 Å². The van der Waals surface area contributed by atoms with Crippen LogP contribution in [0.2, 0.25) is 5.28 Å². The summed E-state index contributed by atoms with van der Waals surface area (Å²) in [6.45, 7) is 20.2. The molecule has 12 heterocycles. The maximum Gasteiger partial charge on any atom is 0.250 e. The topological polar surface area (TPSA) is 221 Å². The van der Waals surface area contributed by atoms with Crippen LogP contribution in [-0.2, 0) is 42.2 Å². The third kappa shape index (κ3) is 23.0. The number of fused-ring (bicyclic) bond motifs is 4. The van der Waals surface area contributed by atoms with Crippen LogP contribution in [0.3, 0.4) is 0 Å². The van der Waals surface area contributed by atoms with Gasteiger partial charge in [0.15, 0.2) is 22.6 Å². The van der Waals surface area contributed by atoms with Crippen LogP contribution in [-0.4, -0.2) is 236 Å². The number of aromatic nitrogens is 12. The minimum atomic E-state index is -0.509. The molecule has 0 saturated carbocycles. The molecule has 114 heavy (non-hydrogen) atoms. The smallest absolute Gasteiger partial charge is 0.250 e. The molecule has 12 aromatic rings. The number of benzene rings is 4. The molecule has 16 rings (SSSR count). The lowest BCUT2D eigenvalue weighted by Gasteiger charge is -2.22. The molecular weight excluding hydrogens is 1600 g/mol. The maximum absolute atomic E-state index is 12.1. The van der Waals surface area contributed by atoms with Crippen molar-refractivity contribution >= 4 is 134 Å². The Morgan fingerprint density at radius 3 is 1.15 bits per heavy atom. The number of allylic oxidation sites excluding steroid dienone is 1. The standard InChI is InChI=1S/C23H28N6O.C21H27N5.C19H22BrN5.C13H9BrClN3.C6H14N2.C3H3ClO.CH5N/c1-5-21(30)27(4)19-13-20-22(24-14-19)25-23(28-12-11-18(16-28)26(2)3)29(20)15-17-9-7-6-8-10-17;1-4-16-12-19-20(22-13-16)23-21(25-11-10-18(15-25)24(2)3)26(19)14-17-8-6-5-7-9-17;1-23(2)16-8-9-24(13-16)19-22-18-17(10-15(20)11-21-18)25(19)12-14-6-4-3-5-7-14;14-10-6-11-12(16-7-10)17-13(15)18(11)8-9-4-2-1-3-5-9;1-8(2)6-3-4-7-5-6;1-2-3(4)5;1-2/h5-10,13-14,18H,1,11-12,15-16H2,2-4H3;5-9,12-13,18H,4,10-11,14-15H2,1-3H3;3-7,10-11,16H,8-9,12-13H2,1-2H3;1-7H,8H2;6-7H,3-5H2,1-2H3;2H,1H2;2H2,1H3/t2*18-;16-;;6-;;/m000.0../s1. The summed E-state index contributed by atoms with van der Waals surface area (Å²) in [7, 11) is 20.4. The first kappa shape index (κ1) is 87.1. The molecule has 3 N–H and O–H groups in total. The van der Waals surface area contributed by atoms with E-state index >= 15 is 0 Å². The number of nitrogens with zero attached hydrogens (tertiary/aromatic N) is 20. The Bertz CT molecular complexity index is 5070. The van der Waals surface area contributed by atoms with E-state index in [-0.39, 0.29) is 5.91 Å². The first-order valence-electron chi connectivity index (χ1n) is 38.5. The fourth-order valence-electron chi connectivity index (χ4n) is 14.1. The number of hydrogen-bond donors (Lipinski definition) is 2. The van der Waals surface area contributed by atoms with Gasteiger partial charge in [0.1, 0.15) is 0 Å². The number of anilines is 4. The summed E-state index contributed by atoms with van der Waals surface area (Å²) in [5.41, 5.74) is 18.5. The number of rotatable bonds is 19. The highest BCUT2D eigenvalue weighted by atomic mass is 79.9. The van der Waals surface area contributed by atoms with Gasteiger partial charge in [-0.2, -0.15) is 19.9 Å². The van der Waals surface area contributed by atoms with Gasteiger partial charge >= 0.3 is 0 Å². The van der Waals surface area contributed by atoms with Gasteiger partial charge in [-0.25, -0.2) is 19.9 Å². The molecule has 602 valence electrons. The normalized spacial score (nSPS) is 16.4. The molecule has 4 aliphatic heterocycles. The van der Waals surface area contributed by atoms with E-state index < -0.39 is 5.24 Å². The number of hydrogen-bond acceptors (Lipinski definition) is 19. The van der Waals surface area contributed by atoms with Gasteiger partial charge in [0.05, 0.1) is 60.1 Å². The lowest BCUT2D eigenvalue weighted by atomic mass is 10.2. The molecule has 4 atom stereocenters. The molecule has 0 aliphatic carbocycles. The second-order valence-electron chi connectivity index (χ2n) is 29.2. The number of aryl methyl sites for hydroxylation is 1. The van der Waals surface area contributed by atoms with Crippen molar-refractivity contribution in [3.63, 3.8) is 0 Å². The van der Waals surface area contributed by atoms with Crippen molar-refractivity contribution in [3.05, 3.63) is 238 Å². The van der Waals surface area contributed by atoms with Gasteiger partial charge in [-0.3, -0.25) is 9.59 Å². The van der Waals surface area contributed by atoms with E-state index in [1.807, 2.05) is 65.5 Å². The minimum absolute atomic E-state index is 0.168. The van der Waals surface area contributed by atoms with Gasteiger partial charge in [-0.15, -0.1) is 0 Å². The number of imidazole rings is 4. The Morgan fingerprint density at radius 1 is 0.474 bits per heavy atom. The van der Waals surface area contributed by atoms with Gasteiger partial charge in [0, 0.05) is 105 Å². The van der Waals surface area contributed by atoms with Crippen LogP contribution in [0.4, 0.5) is 23.5 Å². The molecule has 4 aliphatic rings. The molecule has 1 amide bonds. The molecule has 0 spiro atoms. The predicted octanol–water partition coefficient (Wildman–Crippen LogP) is 13.7. The van der Waals surface area contributed by atoms with Gasteiger partial charge in [-0.05, 0) is 221 Å². The molecule has 0 radical (unpaired) electrons. The summed E-state index contributed by atoms with van der Waals surface area (Å²) in [5.74, 6) is 2.84. The van der Waals surface area contributed by atoms with Crippen molar-refractivity contribution in [2.45, 2.75) is 89.4 Å². The number of pyridine rings is 4. The molecule has 28 heteroatoms. The Labute approximate surface area is 697 Å². The van der Waals surface area contributed by atoms with Gasteiger partial charge in [0.2, 0.25) is 34.3 Å². The first-order chi connectivity index (χ1) is 55.1. The van der Waals surface area contributed by atoms with Gasteiger partial charge in [-0.1, -0.05) is 141 Å². The van der Waals surface area contributed by atoms with Gasteiger partial charge in [0.25, 0.3) is 0 Å². The number of carbonyl (C=O) groups is 2. The first-order valence-corrected chi connectivity index (χ1v) is 40.9. The zero-order valence-corrected chi connectivity index (χ0v) is 72.1. The number of halogens is 4. The van der Waals surface area contributed by atoms with E-state index in [9.17, 15) is 9.59 Å². The number of likely N-dealkylation sites (N-methyl/N-ethyl adjacent to an activating group) is 5. The molecule has 4 saturated heterocycles. The molecule has 0 unspecified atom stereocenters. The van der Waals surface area contributed by atoms with Crippen LogP contribution in [0.15, 0.2) is 205 Å². The third-order valence-electron chi connectivity index (χ3n) is 20.8. The number of amides is 1.